The fourth-order valence-corrected chi connectivity index (χ4v) is 4.51. The Morgan fingerprint density at radius 2 is 1.88 bits per heavy atom. The van der Waals surface area contributed by atoms with Crippen LogP contribution in [0.2, 0.25) is 0 Å². The van der Waals surface area contributed by atoms with E-state index in [-0.39, 0.29) is 55.8 Å². The van der Waals surface area contributed by atoms with Crippen LogP contribution in [0.25, 0.3) is 28.5 Å². The monoisotopic (exact) mass is 482 g/mol. The van der Waals surface area contributed by atoms with Gasteiger partial charge >= 0.3 is 5.51 Å². The van der Waals surface area contributed by atoms with Crippen LogP contribution in [0.5, 0.6) is 0 Å². The molecule has 0 aliphatic carbocycles. The number of nitrogens with zero attached hydrogens (tertiary/aromatic N) is 4. The summed E-state index contributed by atoms with van der Waals surface area (Å²) in [5.74, 6) is -0.511. The Hall–Kier alpha value is -3.19. The van der Waals surface area contributed by atoms with Gasteiger partial charge in [0.15, 0.2) is 15.4 Å². The van der Waals surface area contributed by atoms with Gasteiger partial charge in [-0.3, -0.25) is 9.36 Å². The first kappa shape index (κ1) is 22.0. The van der Waals surface area contributed by atoms with Crippen molar-refractivity contribution in [3.8, 4) is 17.4 Å². The van der Waals surface area contributed by atoms with E-state index in [1.165, 1.54) is 43.6 Å². The minimum absolute atomic E-state index is 0.0250. The van der Waals surface area contributed by atoms with Crippen LogP contribution < -0.4 is 5.56 Å². The average Bonchev–Trinajstić information content (AvgIpc) is 3.16. The summed E-state index contributed by atoms with van der Waals surface area (Å²) in [5, 5.41) is 0. The number of fused-ring (bicyclic) bond motifs is 1. The van der Waals surface area contributed by atoms with Gasteiger partial charge in [-0.2, -0.15) is 13.2 Å². The van der Waals surface area contributed by atoms with E-state index in [4.69, 9.17) is 4.42 Å². The number of pyridine rings is 1. The summed E-state index contributed by atoms with van der Waals surface area (Å²) < 4.78 is 70.1. The summed E-state index contributed by atoms with van der Waals surface area (Å²) in [5.41, 5.74) is -5.00. The molecule has 0 radical (unpaired) electrons. The highest BCUT2D eigenvalue weighted by Gasteiger charge is 2.30. The van der Waals surface area contributed by atoms with Crippen LogP contribution in [0.15, 0.2) is 67.9 Å². The molecule has 0 fully saturated rings. The van der Waals surface area contributed by atoms with Gasteiger partial charge in [0, 0.05) is 29.6 Å². The topological polar surface area (TPSA) is 108 Å². The molecular formula is C19H13F3N4O4S2. The molecule has 0 unspecified atom stereocenters. The van der Waals surface area contributed by atoms with Gasteiger partial charge in [0.25, 0.3) is 5.56 Å². The van der Waals surface area contributed by atoms with E-state index in [2.05, 4.69) is 15.0 Å². The van der Waals surface area contributed by atoms with Gasteiger partial charge in [-0.25, -0.2) is 23.4 Å². The lowest BCUT2D eigenvalue weighted by atomic mass is 10.2. The van der Waals surface area contributed by atoms with Crippen molar-refractivity contribution < 1.29 is 26.0 Å². The highest BCUT2D eigenvalue weighted by Crippen LogP contribution is 2.38. The van der Waals surface area contributed by atoms with Crippen molar-refractivity contribution in [3.05, 3.63) is 59.3 Å². The van der Waals surface area contributed by atoms with Gasteiger partial charge in [-0.05, 0) is 36.0 Å². The molecule has 4 rings (SSSR count). The second kappa shape index (κ2) is 8.06. The molecule has 13 heteroatoms. The van der Waals surface area contributed by atoms with Crippen molar-refractivity contribution in [3.63, 3.8) is 0 Å². The molecule has 0 saturated heterocycles. The second-order valence-electron chi connectivity index (χ2n) is 6.41. The van der Waals surface area contributed by atoms with E-state index in [0.29, 0.717) is 0 Å². The minimum atomic E-state index is -4.48. The smallest absolute Gasteiger partial charge is 0.436 e. The molecule has 0 amide bonds. The molecule has 8 nitrogen and oxygen atoms in total. The maximum atomic E-state index is 12.8. The molecule has 32 heavy (non-hydrogen) atoms. The number of hydrogen-bond donors (Lipinski definition) is 0. The zero-order chi connectivity index (χ0) is 23.1. The first-order valence-electron chi connectivity index (χ1n) is 9.01. The van der Waals surface area contributed by atoms with E-state index in [1.54, 1.807) is 0 Å². The molecule has 4 aromatic rings. The standard InChI is InChI=1S/C19H13F3N4O4S2/c1-2-32(28,29)15-10-26(18-23-6-3-7-24-18)16(27)9-12(15)17-25-13-8-11(31-19(20,21)22)4-5-14(13)30-17/h3-10H,2H2,1H3. The molecule has 0 saturated carbocycles. The molecule has 166 valence electrons. The zero-order valence-corrected chi connectivity index (χ0v) is 17.8. The lowest BCUT2D eigenvalue weighted by Gasteiger charge is -2.10. The molecule has 0 N–H and O–H groups in total. The van der Waals surface area contributed by atoms with E-state index in [1.807, 2.05) is 0 Å². The third-order valence-corrected chi connectivity index (χ3v) is 6.80. The average molecular weight is 482 g/mol. The molecule has 0 aliphatic rings. The highest BCUT2D eigenvalue weighted by molar-refractivity contribution is 8.00. The molecule has 0 spiro atoms. The molecule has 1 aromatic carbocycles. The van der Waals surface area contributed by atoms with Crippen LogP contribution in [-0.2, 0) is 9.84 Å². The Bertz CT molecular complexity index is 1470. The number of halogens is 3. The Labute approximate surface area is 183 Å². The molecule has 3 heterocycles. The molecule has 0 aliphatic heterocycles. The van der Waals surface area contributed by atoms with Crippen molar-refractivity contribution >= 4 is 32.7 Å². The van der Waals surface area contributed by atoms with Gasteiger partial charge in [-0.15, -0.1) is 0 Å². The number of sulfone groups is 1. The van der Waals surface area contributed by atoms with E-state index in [9.17, 15) is 26.4 Å². The quantitative estimate of drug-likeness (QED) is 0.395. The van der Waals surface area contributed by atoms with Crippen LogP contribution in [0, 0.1) is 0 Å². The van der Waals surface area contributed by atoms with Gasteiger partial charge in [0.2, 0.25) is 11.8 Å². The van der Waals surface area contributed by atoms with Crippen LogP contribution in [0.3, 0.4) is 0 Å². The van der Waals surface area contributed by atoms with Gasteiger partial charge in [0.05, 0.1) is 16.2 Å². The fraction of sp³-hybridized carbons (Fsp3) is 0.158. The molecule has 3 aromatic heterocycles. The van der Waals surface area contributed by atoms with Gasteiger partial charge in [0.1, 0.15) is 5.52 Å². The normalized spacial score (nSPS) is 12.4. The largest absolute Gasteiger partial charge is 0.446 e. The first-order chi connectivity index (χ1) is 15.1. The van der Waals surface area contributed by atoms with Gasteiger partial charge < -0.3 is 4.42 Å². The lowest BCUT2D eigenvalue weighted by molar-refractivity contribution is -0.0328. The predicted molar refractivity (Wildman–Crippen MR) is 110 cm³/mol. The van der Waals surface area contributed by atoms with Crippen LogP contribution in [-0.4, -0.2) is 39.2 Å². The van der Waals surface area contributed by atoms with Gasteiger partial charge in [-0.1, -0.05) is 6.92 Å². The van der Waals surface area contributed by atoms with E-state index in [0.717, 1.165) is 16.8 Å². The number of thioether (sulfide) groups is 1. The van der Waals surface area contributed by atoms with Crippen LogP contribution in [0.4, 0.5) is 13.2 Å². The summed E-state index contributed by atoms with van der Waals surface area (Å²) in [6, 6.07) is 6.25. The maximum Gasteiger partial charge on any atom is 0.446 e. The van der Waals surface area contributed by atoms with E-state index >= 15 is 0 Å². The zero-order valence-electron chi connectivity index (χ0n) is 16.2. The number of rotatable bonds is 5. The number of aromatic nitrogens is 4. The third kappa shape index (κ3) is 4.39. The lowest BCUT2D eigenvalue weighted by Crippen LogP contribution is -2.22. The first-order valence-corrected chi connectivity index (χ1v) is 11.5. The number of oxazole rings is 1. The Morgan fingerprint density at radius 1 is 1.16 bits per heavy atom. The number of hydrogen-bond acceptors (Lipinski definition) is 8. The summed E-state index contributed by atoms with van der Waals surface area (Å²) in [6.45, 7) is 1.43. The second-order valence-corrected chi connectivity index (χ2v) is 9.79. The van der Waals surface area contributed by atoms with Crippen molar-refractivity contribution in [1.29, 1.82) is 0 Å². The van der Waals surface area contributed by atoms with Crippen molar-refractivity contribution in [2.24, 2.45) is 0 Å². The molecule has 0 bridgehead atoms. The van der Waals surface area contributed by atoms with Crippen molar-refractivity contribution in [2.45, 2.75) is 22.2 Å². The fourth-order valence-electron chi connectivity index (χ4n) is 2.88. The summed E-state index contributed by atoms with van der Waals surface area (Å²) in [6.07, 6.45) is 3.88. The van der Waals surface area contributed by atoms with Crippen LogP contribution in [0.1, 0.15) is 6.92 Å². The summed E-state index contributed by atoms with van der Waals surface area (Å²) in [7, 11) is -3.86. The van der Waals surface area contributed by atoms with Crippen molar-refractivity contribution in [2.75, 3.05) is 5.75 Å². The Morgan fingerprint density at radius 3 is 2.53 bits per heavy atom. The number of benzene rings is 1. The van der Waals surface area contributed by atoms with Crippen molar-refractivity contribution in [1.82, 2.24) is 19.5 Å². The molecular weight excluding hydrogens is 469 g/mol. The Kier molecular flexibility index (Phi) is 5.54. The summed E-state index contributed by atoms with van der Waals surface area (Å²) >= 11 is -0.311. The third-order valence-electron chi connectivity index (χ3n) is 4.32. The highest BCUT2D eigenvalue weighted by atomic mass is 32.2. The Balaban J connectivity index is 1.90. The SMILES string of the molecule is CCS(=O)(=O)c1cn(-c2ncccn2)c(=O)cc1-c1nc2cc(SC(F)(F)F)ccc2o1. The van der Waals surface area contributed by atoms with E-state index < -0.39 is 20.9 Å². The van der Waals surface area contributed by atoms with Crippen LogP contribution >= 0.6 is 11.8 Å². The number of alkyl halides is 3. The minimum Gasteiger partial charge on any atom is -0.436 e. The molecule has 0 atom stereocenters. The summed E-state index contributed by atoms with van der Waals surface area (Å²) in [4.78, 5) is 24.4. The maximum absolute atomic E-state index is 12.8. The predicted octanol–water partition coefficient (Wildman–Crippen LogP) is 3.84.